The van der Waals surface area contributed by atoms with Gasteiger partial charge in [-0.1, -0.05) is 43.3 Å². The molecule has 2 N–H and O–H groups in total. The number of esters is 1. The summed E-state index contributed by atoms with van der Waals surface area (Å²) >= 11 is 0. The first kappa shape index (κ1) is 22.1. The summed E-state index contributed by atoms with van der Waals surface area (Å²) in [5.41, 5.74) is 2.85. The van der Waals surface area contributed by atoms with E-state index in [-0.39, 0.29) is 17.9 Å². The Balaban J connectivity index is 1.90. The summed E-state index contributed by atoms with van der Waals surface area (Å²) in [5, 5.41) is 5.48. The number of aryl methyl sites for hydroxylation is 1. The van der Waals surface area contributed by atoms with Crippen LogP contribution in [0.15, 0.2) is 48.5 Å². The Morgan fingerprint density at radius 2 is 1.41 bits per heavy atom. The molecule has 6 nitrogen and oxygen atoms in total. The van der Waals surface area contributed by atoms with Crippen LogP contribution in [0.5, 0.6) is 0 Å². The molecule has 6 heteroatoms. The smallest absolute Gasteiger partial charge is 0.338 e. The number of hydrogen-bond acceptors (Lipinski definition) is 4. The van der Waals surface area contributed by atoms with Crippen molar-refractivity contribution in [3.63, 3.8) is 0 Å². The van der Waals surface area contributed by atoms with Crippen molar-refractivity contribution in [2.45, 2.75) is 52.8 Å². The van der Waals surface area contributed by atoms with Crippen molar-refractivity contribution < 1.29 is 19.1 Å². The Morgan fingerprint density at radius 1 is 0.862 bits per heavy atom. The number of nitrogens with one attached hydrogen (secondary N) is 2. The molecule has 1 atom stereocenters. The van der Waals surface area contributed by atoms with Crippen LogP contribution >= 0.6 is 0 Å². The standard InChI is InChI=1S/C23H28N2O4/c1-5-17-6-10-19(11-7-17)21(26)16(4)29-22(27)20-12-8-18(9-13-20)14-24-23(28)25-15(2)3/h6-13,15-16H,5,14H2,1-4H3,(H2,24,25,28)/t16-/m1/s1. The normalized spacial score (nSPS) is 11.6. The summed E-state index contributed by atoms with van der Waals surface area (Å²) in [7, 11) is 0. The van der Waals surface area contributed by atoms with Crippen molar-refractivity contribution in [1.82, 2.24) is 10.6 Å². The van der Waals surface area contributed by atoms with Gasteiger partial charge in [0.05, 0.1) is 5.56 Å². The average molecular weight is 396 g/mol. The maximum Gasteiger partial charge on any atom is 0.338 e. The van der Waals surface area contributed by atoms with Gasteiger partial charge in [0.2, 0.25) is 5.78 Å². The van der Waals surface area contributed by atoms with Crippen LogP contribution in [0.4, 0.5) is 4.79 Å². The van der Waals surface area contributed by atoms with Crippen molar-refractivity contribution in [1.29, 1.82) is 0 Å². The molecule has 0 heterocycles. The maximum absolute atomic E-state index is 12.5. The molecule has 2 aromatic carbocycles. The van der Waals surface area contributed by atoms with Crippen LogP contribution in [0.25, 0.3) is 0 Å². The van der Waals surface area contributed by atoms with Crippen LogP contribution in [0.3, 0.4) is 0 Å². The van der Waals surface area contributed by atoms with Crippen LogP contribution < -0.4 is 10.6 Å². The summed E-state index contributed by atoms with van der Waals surface area (Å²) in [4.78, 5) is 36.4. The molecule has 0 aromatic heterocycles. The molecule has 29 heavy (non-hydrogen) atoms. The molecule has 0 fully saturated rings. The lowest BCUT2D eigenvalue weighted by molar-refractivity contribution is 0.0319. The molecule has 0 spiro atoms. The molecule has 0 unspecified atom stereocenters. The van der Waals surface area contributed by atoms with E-state index >= 15 is 0 Å². The molecule has 2 aromatic rings. The molecule has 0 saturated heterocycles. The third-order valence-corrected chi connectivity index (χ3v) is 4.36. The molecule has 0 aliphatic heterocycles. The van der Waals surface area contributed by atoms with E-state index in [1.165, 1.54) is 0 Å². The van der Waals surface area contributed by atoms with E-state index in [1.807, 2.05) is 32.9 Å². The highest BCUT2D eigenvalue weighted by Gasteiger charge is 2.20. The van der Waals surface area contributed by atoms with Crippen LogP contribution in [-0.2, 0) is 17.7 Å². The summed E-state index contributed by atoms with van der Waals surface area (Å²) in [6.07, 6.45) is 0.0171. The van der Waals surface area contributed by atoms with Gasteiger partial charge in [0.1, 0.15) is 0 Å². The van der Waals surface area contributed by atoms with Gasteiger partial charge in [-0.05, 0) is 50.5 Å². The monoisotopic (exact) mass is 396 g/mol. The van der Waals surface area contributed by atoms with E-state index in [0.717, 1.165) is 17.5 Å². The van der Waals surface area contributed by atoms with Crippen LogP contribution in [0, 0.1) is 0 Å². The highest BCUT2D eigenvalue weighted by atomic mass is 16.5. The molecule has 0 radical (unpaired) electrons. The van der Waals surface area contributed by atoms with Gasteiger partial charge < -0.3 is 15.4 Å². The molecule has 154 valence electrons. The summed E-state index contributed by atoms with van der Waals surface area (Å²) in [5.74, 6) is -0.800. The molecule has 0 bridgehead atoms. The zero-order valence-electron chi connectivity index (χ0n) is 17.3. The lowest BCUT2D eigenvalue weighted by atomic mass is 10.0. The van der Waals surface area contributed by atoms with Gasteiger partial charge in [-0.25, -0.2) is 9.59 Å². The summed E-state index contributed by atoms with van der Waals surface area (Å²) in [6.45, 7) is 7.72. The third-order valence-electron chi connectivity index (χ3n) is 4.36. The third kappa shape index (κ3) is 6.75. The largest absolute Gasteiger partial charge is 0.451 e. The summed E-state index contributed by atoms with van der Waals surface area (Å²) < 4.78 is 5.32. The SMILES string of the molecule is CCc1ccc(C(=O)[C@@H](C)OC(=O)c2ccc(CNC(=O)NC(C)C)cc2)cc1. The van der Waals surface area contributed by atoms with Crippen molar-refractivity contribution in [2.75, 3.05) is 0 Å². The predicted molar refractivity (Wildman–Crippen MR) is 112 cm³/mol. The number of urea groups is 1. The first-order valence-corrected chi connectivity index (χ1v) is 9.77. The number of amides is 2. The summed E-state index contributed by atoms with van der Waals surface area (Å²) in [6, 6.07) is 13.8. The zero-order valence-corrected chi connectivity index (χ0v) is 17.3. The molecule has 0 saturated carbocycles. The van der Waals surface area contributed by atoms with Crippen molar-refractivity contribution >= 4 is 17.8 Å². The number of benzene rings is 2. The van der Waals surface area contributed by atoms with E-state index in [0.29, 0.717) is 17.7 Å². The van der Waals surface area contributed by atoms with Crippen molar-refractivity contribution in [3.8, 4) is 0 Å². The zero-order chi connectivity index (χ0) is 21.4. The molecule has 2 rings (SSSR count). The highest BCUT2D eigenvalue weighted by Crippen LogP contribution is 2.12. The lowest BCUT2D eigenvalue weighted by Gasteiger charge is -2.13. The fourth-order valence-corrected chi connectivity index (χ4v) is 2.68. The van der Waals surface area contributed by atoms with Crippen LogP contribution in [-0.4, -0.2) is 29.9 Å². The second kappa shape index (κ2) is 10.4. The fraction of sp³-hybridized carbons (Fsp3) is 0.348. The minimum absolute atomic E-state index is 0.0569. The molecule has 2 amide bonds. The first-order chi connectivity index (χ1) is 13.8. The number of carbonyl (C=O) groups excluding carboxylic acids is 3. The minimum atomic E-state index is -0.879. The lowest BCUT2D eigenvalue weighted by Crippen LogP contribution is -2.39. The second-order valence-corrected chi connectivity index (χ2v) is 7.14. The predicted octanol–water partition coefficient (Wildman–Crippen LogP) is 3.88. The Morgan fingerprint density at radius 3 is 1.97 bits per heavy atom. The number of rotatable bonds is 8. The Hall–Kier alpha value is -3.15. The second-order valence-electron chi connectivity index (χ2n) is 7.14. The van der Waals surface area contributed by atoms with Gasteiger partial charge in [-0.3, -0.25) is 4.79 Å². The molecular formula is C23H28N2O4. The number of hydrogen-bond donors (Lipinski definition) is 2. The van der Waals surface area contributed by atoms with Gasteiger partial charge in [0.15, 0.2) is 6.10 Å². The topological polar surface area (TPSA) is 84.5 Å². The molecule has 0 aliphatic carbocycles. The van der Waals surface area contributed by atoms with E-state index in [4.69, 9.17) is 4.74 Å². The van der Waals surface area contributed by atoms with Gasteiger partial charge in [-0.2, -0.15) is 0 Å². The van der Waals surface area contributed by atoms with Gasteiger partial charge in [-0.15, -0.1) is 0 Å². The fourth-order valence-electron chi connectivity index (χ4n) is 2.68. The number of ether oxygens (including phenoxy) is 1. The van der Waals surface area contributed by atoms with Crippen molar-refractivity contribution in [2.24, 2.45) is 0 Å². The van der Waals surface area contributed by atoms with Gasteiger partial charge in [0, 0.05) is 18.2 Å². The Labute approximate surface area is 171 Å². The number of carbonyl (C=O) groups is 3. The average Bonchev–Trinajstić information content (AvgIpc) is 2.71. The van der Waals surface area contributed by atoms with E-state index in [9.17, 15) is 14.4 Å². The van der Waals surface area contributed by atoms with Gasteiger partial charge >= 0.3 is 12.0 Å². The molecular weight excluding hydrogens is 368 g/mol. The highest BCUT2D eigenvalue weighted by molar-refractivity contribution is 6.01. The van der Waals surface area contributed by atoms with Crippen LogP contribution in [0.1, 0.15) is 59.5 Å². The van der Waals surface area contributed by atoms with Gasteiger partial charge in [0.25, 0.3) is 0 Å². The van der Waals surface area contributed by atoms with Crippen molar-refractivity contribution in [3.05, 3.63) is 70.8 Å². The Kier molecular flexibility index (Phi) is 7.95. The number of ketones is 1. The quantitative estimate of drug-likeness (QED) is 0.524. The number of Topliss-reactive ketones (excluding diaryl/α,β-unsaturated/α-hetero) is 1. The maximum atomic E-state index is 12.5. The van der Waals surface area contributed by atoms with E-state index < -0.39 is 12.1 Å². The van der Waals surface area contributed by atoms with E-state index in [1.54, 1.807) is 43.3 Å². The Bertz CT molecular complexity index is 842. The van der Waals surface area contributed by atoms with E-state index in [2.05, 4.69) is 10.6 Å². The first-order valence-electron chi connectivity index (χ1n) is 9.77. The van der Waals surface area contributed by atoms with Crippen LogP contribution in [0.2, 0.25) is 0 Å². The molecule has 0 aliphatic rings. The minimum Gasteiger partial charge on any atom is -0.451 e.